The van der Waals surface area contributed by atoms with E-state index < -0.39 is 0 Å². The van der Waals surface area contributed by atoms with Gasteiger partial charge >= 0.3 is 0 Å². The quantitative estimate of drug-likeness (QED) is 0.769. The molecule has 1 amide bonds. The third-order valence-corrected chi connectivity index (χ3v) is 3.53. The van der Waals surface area contributed by atoms with E-state index in [1.54, 1.807) is 12.7 Å². The number of hydrogen-bond acceptors (Lipinski definition) is 5. The third-order valence-electron chi connectivity index (χ3n) is 3.53. The van der Waals surface area contributed by atoms with Crippen LogP contribution >= 0.6 is 0 Å². The van der Waals surface area contributed by atoms with Gasteiger partial charge in [-0.2, -0.15) is 0 Å². The van der Waals surface area contributed by atoms with E-state index in [0.717, 1.165) is 16.7 Å². The van der Waals surface area contributed by atoms with E-state index in [-0.39, 0.29) is 5.91 Å². The first-order chi connectivity index (χ1) is 11.1. The molecule has 0 spiro atoms. The van der Waals surface area contributed by atoms with Crippen molar-refractivity contribution in [3.63, 3.8) is 0 Å². The zero-order valence-corrected chi connectivity index (χ0v) is 13.1. The normalized spacial score (nSPS) is 10.7. The number of rotatable bonds is 5. The monoisotopic (exact) mass is 310 g/mol. The summed E-state index contributed by atoms with van der Waals surface area (Å²) in [6.45, 7) is 1.13. The lowest BCUT2D eigenvalue weighted by Gasteiger charge is -2.15. The van der Waals surface area contributed by atoms with Crippen molar-refractivity contribution in [2.75, 3.05) is 25.5 Å². The van der Waals surface area contributed by atoms with Crippen LogP contribution in [0.5, 0.6) is 0 Å². The maximum atomic E-state index is 12.6. The number of hydrogen-bond donors (Lipinski definition) is 1. The number of nitrogens with zero attached hydrogens (tertiary/aromatic N) is 5. The Labute approximate surface area is 134 Å². The van der Waals surface area contributed by atoms with E-state index in [4.69, 9.17) is 0 Å². The van der Waals surface area contributed by atoms with Crippen LogP contribution in [0.3, 0.4) is 0 Å². The first kappa shape index (κ1) is 15.0. The summed E-state index contributed by atoms with van der Waals surface area (Å²) >= 11 is 0. The highest BCUT2D eigenvalue weighted by Crippen LogP contribution is 2.21. The second-order valence-corrected chi connectivity index (χ2v) is 5.40. The number of fused-ring (bicyclic) bond motifs is 1. The summed E-state index contributed by atoms with van der Waals surface area (Å²) in [7, 11) is 3.82. The molecule has 3 aromatic rings. The molecule has 7 nitrogen and oxygen atoms in total. The first-order valence-corrected chi connectivity index (χ1v) is 7.33. The minimum atomic E-state index is -0.111. The molecule has 0 fully saturated rings. The standard InChI is InChI=1S/C16H18N6O/c1-21(2)15-9-13(12-5-3-4-6-14(12)20-15)16(23)17-7-8-22-10-18-19-11-22/h3-6,9-11H,7-8H2,1-2H3,(H,17,23). The molecule has 0 aliphatic heterocycles. The topological polar surface area (TPSA) is 75.9 Å². The molecule has 0 aliphatic carbocycles. The summed E-state index contributed by atoms with van der Waals surface area (Å²) in [6, 6.07) is 9.47. The van der Waals surface area contributed by atoms with Gasteiger partial charge in [0, 0.05) is 32.6 Å². The molecule has 0 aliphatic rings. The molecule has 0 saturated heterocycles. The van der Waals surface area contributed by atoms with Crippen LogP contribution in [0.1, 0.15) is 10.4 Å². The summed E-state index contributed by atoms with van der Waals surface area (Å²) in [5, 5.41) is 11.3. The Morgan fingerprint density at radius 1 is 1.22 bits per heavy atom. The van der Waals surface area contributed by atoms with Crippen molar-refractivity contribution in [2.24, 2.45) is 0 Å². The lowest BCUT2D eigenvalue weighted by atomic mass is 10.1. The number of carbonyl (C=O) groups excluding carboxylic acids is 1. The number of anilines is 1. The highest BCUT2D eigenvalue weighted by molar-refractivity contribution is 6.07. The Bertz CT molecular complexity index is 813. The lowest BCUT2D eigenvalue weighted by molar-refractivity contribution is 0.0954. The first-order valence-electron chi connectivity index (χ1n) is 7.33. The Kier molecular flexibility index (Phi) is 4.18. The highest BCUT2D eigenvalue weighted by Gasteiger charge is 2.13. The van der Waals surface area contributed by atoms with Crippen LogP contribution in [-0.4, -0.2) is 46.3 Å². The average Bonchev–Trinajstić information content (AvgIpc) is 3.07. The molecular formula is C16H18N6O. The molecule has 0 radical (unpaired) electrons. The van der Waals surface area contributed by atoms with Crippen molar-refractivity contribution < 1.29 is 4.79 Å². The number of para-hydroxylation sites is 1. The summed E-state index contributed by atoms with van der Waals surface area (Å²) < 4.78 is 1.82. The van der Waals surface area contributed by atoms with Gasteiger partial charge in [0.15, 0.2) is 0 Å². The van der Waals surface area contributed by atoms with Crippen molar-refractivity contribution in [3.05, 3.63) is 48.5 Å². The SMILES string of the molecule is CN(C)c1cc(C(=O)NCCn2cnnc2)c2ccccc2n1. The molecule has 0 saturated carbocycles. The van der Waals surface area contributed by atoms with E-state index in [9.17, 15) is 4.79 Å². The third kappa shape index (κ3) is 3.28. The van der Waals surface area contributed by atoms with Crippen LogP contribution in [0.2, 0.25) is 0 Å². The molecule has 2 aromatic heterocycles. The minimum Gasteiger partial charge on any atom is -0.363 e. The van der Waals surface area contributed by atoms with Crippen molar-refractivity contribution in [1.29, 1.82) is 0 Å². The van der Waals surface area contributed by atoms with E-state index in [1.807, 2.05) is 53.9 Å². The van der Waals surface area contributed by atoms with Crippen LogP contribution in [0.25, 0.3) is 10.9 Å². The largest absolute Gasteiger partial charge is 0.363 e. The van der Waals surface area contributed by atoms with Gasteiger partial charge in [-0.1, -0.05) is 18.2 Å². The van der Waals surface area contributed by atoms with Crippen LogP contribution in [0.4, 0.5) is 5.82 Å². The van der Waals surface area contributed by atoms with Gasteiger partial charge in [0.1, 0.15) is 18.5 Å². The van der Waals surface area contributed by atoms with Gasteiger partial charge in [0.05, 0.1) is 11.1 Å². The fourth-order valence-electron chi connectivity index (χ4n) is 2.31. The van der Waals surface area contributed by atoms with Crippen LogP contribution in [0, 0.1) is 0 Å². The second-order valence-electron chi connectivity index (χ2n) is 5.40. The van der Waals surface area contributed by atoms with Crippen molar-refractivity contribution in [1.82, 2.24) is 25.1 Å². The molecule has 2 heterocycles. The molecule has 118 valence electrons. The number of pyridine rings is 1. The Hall–Kier alpha value is -2.96. The molecular weight excluding hydrogens is 292 g/mol. The fourth-order valence-corrected chi connectivity index (χ4v) is 2.31. The predicted molar refractivity (Wildman–Crippen MR) is 88.4 cm³/mol. The molecule has 1 N–H and O–H groups in total. The van der Waals surface area contributed by atoms with E-state index in [2.05, 4.69) is 20.5 Å². The molecule has 3 rings (SSSR count). The second kappa shape index (κ2) is 6.43. The van der Waals surface area contributed by atoms with Gasteiger partial charge in [-0.05, 0) is 12.1 Å². The Morgan fingerprint density at radius 2 is 1.96 bits per heavy atom. The maximum Gasteiger partial charge on any atom is 0.252 e. The lowest BCUT2D eigenvalue weighted by Crippen LogP contribution is -2.27. The smallest absolute Gasteiger partial charge is 0.252 e. The number of carbonyl (C=O) groups is 1. The molecule has 7 heteroatoms. The van der Waals surface area contributed by atoms with Crippen LogP contribution in [0.15, 0.2) is 43.0 Å². The summed E-state index contributed by atoms with van der Waals surface area (Å²) in [4.78, 5) is 19.0. The van der Waals surface area contributed by atoms with E-state index >= 15 is 0 Å². The molecule has 1 aromatic carbocycles. The van der Waals surface area contributed by atoms with Crippen molar-refractivity contribution in [3.8, 4) is 0 Å². The van der Waals surface area contributed by atoms with Crippen LogP contribution < -0.4 is 10.2 Å². The van der Waals surface area contributed by atoms with Gasteiger partial charge < -0.3 is 14.8 Å². The number of benzene rings is 1. The van der Waals surface area contributed by atoms with Crippen molar-refractivity contribution in [2.45, 2.75) is 6.54 Å². The maximum absolute atomic E-state index is 12.6. The number of aromatic nitrogens is 4. The van der Waals surface area contributed by atoms with Gasteiger partial charge in [-0.3, -0.25) is 4.79 Å². The zero-order valence-electron chi connectivity index (χ0n) is 13.1. The fraction of sp³-hybridized carbons (Fsp3) is 0.250. The van der Waals surface area contributed by atoms with E-state index in [1.165, 1.54) is 0 Å². The molecule has 0 atom stereocenters. The van der Waals surface area contributed by atoms with Crippen LogP contribution in [-0.2, 0) is 6.54 Å². The Morgan fingerprint density at radius 3 is 2.70 bits per heavy atom. The number of nitrogens with one attached hydrogen (secondary N) is 1. The average molecular weight is 310 g/mol. The molecule has 0 bridgehead atoms. The Balaban J connectivity index is 1.83. The molecule has 23 heavy (non-hydrogen) atoms. The predicted octanol–water partition coefficient (Wildman–Crippen LogP) is 1.32. The van der Waals surface area contributed by atoms with Crippen molar-refractivity contribution >= 4 is 22.6 Å². The summed E-state index contributed by atoms with van der Waals surface area (Å²) in [6.07, 6.45) is 3.25. The van der Waals surface area contributed by atoms with Gasteiger partial charge in [0.2, 0.25) is 0 Å². The molecule has 0 unspecified atom stereocenters. The van der Waals surface area contributed by atoms with Gasteiger partial charge in [0.25, 0.3) is 5.91 Å². The summed E-state index contributed by atoms with van der Waals surface area (Å²) in [5.41, 5.74) is 1.44. The van der Waals surface area contributed by atoms with Gasteiger partial charge in [-0.15, -0.1) is 10.2 Å². The zero-order chi connectivity index (χ0) is 16.2. The van der Waals surface area contributed by atoms with Gasteiger partial charge in [-0.25, -0.2) is 4.98 Å². The minimum absolute atomic E-state index is 0.111. The summed E-state index contributed by atoms with van der Waals surface area (Å²) in [5.74, 6) is 0.646. The number of amides is 1. The van der Waals surface area contributed by atoms with E-state index in [0.29, 0.717) is 18.7 Å². The highest BCUT2D eigenvalue weighted by atomic mass is 16.1.